The zero-order valence-corrected chi connectivity index (χ0v) is 19.8. The molecular formula is C22H30FIN4O2. The molecule has 30 heavy (non-hydrogen) atoms. The summed E-state index contributed by atoms with van der Waals surface area (Å²) in [7, 11) is 1.70. The number of benzene rings is 2. The number of guanidine groups is 1. The van der Waals surface area contributed by atoms with E-state index in [1.807, 2.05) is 25.1 Å². The number of halogens is 2. The number of nitrogens with zero attached hydrogens (tertiary/aromatic N) is 3. The minimum absolute atomic E-state index is 0. The molecule has 0 atom stereocenters. The standard InChI is InChI=1S/C22H29FN4O2.HI/c1-3-24-22(25-15-17-8-9-19(23)18(14-17)16-28)27-12-10-26(11-13-27)20-6-4-5-7-21(20)29-2;/h4-9,14,28H,3,10-13,15-16H2,1-2H3,(H,24,25);1H. The zero-order chi connectivity index (χ0) is 20.6. The highest BCUT2D eigenvalue weighted by atomic mass is 127. The quantitative estimate of drug-likeness (QED) is 0.343. The number of aliphatic hydroxyl groups excluding tert-OH is 1. The van der Waals surface area contributed by atoms with Crippen molar-refractivity contribution in [2.75, 3.05) is 44.7 Å². The molecule has 2 N–H and O–H groups in total. The summed E-state index contributed by atoms with van der Waals surface area (Å²) in [5, 5.41) is 12.6. The third-order valence-electron chi connectivity index (χ3n) is 5.03. The van der Waals surface area contributed by atoms with Crippen molar-refractivity contribution < 1.29 is 14.2 Å². The van der Waals surface area contributed by atoms with Crippen LogP contribution in [-0.2, 0) is 13.2 Å². The molecule has 0 spiro atoms. The molecule has 1 fully saturated rings. The van der Waals surface area contributed by atoms with E-state index in [1.165, 1.54) is 6.07 Å². The minimum Gasteiger partial charge on any atom is -0.495 e. The van der Waals surface area contributed by atoms with Crippen LogP contribution in [0, 0.1) is 5.82 Å². The number of methoxy groups -OCH3 is 1. The van der Waals surface area contributed by atoms with Crippen LogP contribution in [0.25, 0.3) is 0 Å². The van der Waals surface area contributed by atoms with Crippen LogP contribution in [0.4, 0.5) is 10.1 Å². The van der Waals surface area contributed by atoms with Crippen molar-refractivity contribution >= 4 is 35.6 Å². The Hall–Kier alpha value is -2.07. The highest BCUT2D eigenvalue weighted by Gasteiger charge is 2.21. The first-order valence-corrected chi connectivity index (χ1v) is 9.95. The first kappa shape index (κ1) is 24.2. The number of hydrogen-bond acceptors (Lipinski definition) is 4. The first-order valence-electron chi connectivity index (χ1n) is 9.95. The largest absolute Gasteiger partial charge is 0.495 e. The molecule has 6 nitrogen and oxygen atoms in total. The SMILES string of the molecule is CCNC(=NCc1ccc(F)c(CO)c1)N1CCN(c2ccccc2OC)CC1.I. The maximum atomic E-state index is 13.6. The highest BCUT2D eigenvalue weighted by Crippen LogP contribution is 2.28. The van der Waals surface area contributed by atoms with Crippen molar-refractivity contribution in [3.8, 4) is 5.75 Å². The Bertz CT molecular complexity index is 842. The van der Waals surface area contributed by atoms with Gasteiger partial charge >= 0.3 is 0 Å². The second-order valence-corrected chi connectivity index (χ2v) is 6.90. The monoisotopic (exact) mass is 528 g/mol. The van der Waals surface area contributed by atoms with Crippen molar-refractivity contribution in [2.45, 2.75) is 20.1 Å². The summed E-state index contributed by atoms with van der Waals surface area (Å²) < 4.78 is 19.1. The molecule has 0 radical (unpaired) electrons. The van der Waals surface area contributed by atoms with Crippen molar-refractivity contribution in [3.05, 3.63) is 59.4 Å². The Labute approximate surface area is 194 Å². The Morgan fingerprint density at radius 2 is 1.90 bits per heavy atom. The van der Waals surface area contributed by atoms with E-state index in [1.54, 1.807) is 19.2 Å². The van der Waals surface area contributed by atoms with E-state index in [2.05, 4.69) is 21.2 Å². The average molecular weight is 528 g/mol. The smallest absolute Gasteiger partial charge is 0.194 e. The summed E-state index contributed by atoms with van der Waals surface area (Å²) in [5.74, 6) is 1.35. The van der Waals surface area contributed by atoms with E-state index in [0.29, 0.717) is 12.1 Å². The Morgan fingerprint density at radius 1 is 1.17 bits per heavy atom. The molecule has 164 valence electrons. The van der Waals surface area contributed by atoms with Crippen molar-refractivity contribution in [3.63, 3.8) is 0 Å². The third-order valence-corrected chi connectivity index (χ3v) is 5.03. The summed E-state index contributed by atoms with van der Waals surface area (Å²) in [6.07, 6.45) is 0. The molecule has 1 heterocycles. The number of ether oxygens (including phenoxy) is 1. The van der Waals surface area contributed by atoms with E-state index in [0.717, 1.165) is 55.7 Å². The number of aliphatic imine (C=N–C) groups is 1. The lowest BCUT2D eigenvalue weighted by molar-refractivity contribution is 0.275. The molecule has 0 amide bonds. The van der Waals surface area contributed by atoms with Gasteiger partial charge in [-0.2, -0.15) is 0 Å². The van der Waals surface area contributed by atoms with Crippen molar-refractivity contribution in [1.82, 2.24) is 10.2 Å². The van der Waals surface area contributed by atoms with Gasteiger partial charge < -0.3 is 25.0 Å². The number of anilines is 1. The van der Waals surface area contributed by atoms with E-state index in [-0.39, 0.29) is 36.4 Å². The predicted octanol–water partition coefficient (Wildman–Crippen LogP) is 3.23. The van der Waals surface area contributed by atoms with Crippen molar-refractivity contribution in [1.29, 1.82) is 0 Å². The van der Waals surface area contributed by atoms with E-state index < -0.39 is 0 Å². The maximum absolute atomic E-state index is 13.6. The summed E-state index contributed by atoms with van der Waals surface area (Å²) in [5.41, 5.74) is 2.28. The van der Waals surface area contributed by atoms with Gasteiger partial charge in [0.2, 0.25) is 0 Å². The topological polar surface area (TPSA) is 60.3 Å². The number of nitrogens with one attached hydrogen (secondary N) is 1. The molecule has 0 aromatic heterocycles. The number of para-hydroxylation sites is 2. The van der Waals surface area contributed by atoms with Gasteiger partial charge in [-0.1, -0.05) is 18.2 Å². The maximum Gasteiger partial charge on any atom is 0.194 e. The Morgan fingerprint density at radius 3 is 2.57 bits per heavy atom. The average Bonchev–Trinajstić information content (AvgIpc) is 2.77. The van der Waals surface area contributed by atoms with Crippen LogP contribution in [0.15, 0.2) is 47.5 Å². The number of rotatable bonds is 6. The second-order valence-electron chi connectivity index (χ2n) is 6.90. The number of hydrogen-bond donors (Lipinski definition) is 2. The highest BCUT2D eigenvalue weighted by molar-refractivity contribution is 14.0. The summed E-state index contributed by atoms with van der Waals surface area (Å²) in [4.78, 5) is 9.30. The Kier molecular flexibility index (Phi) is 9.64. The van der Waals surface area contributed by atoms with Crippen LogP contribution >= 0.6 is 24.0 Å². The second kappa shape index (κ2) is 11.9. The van der Waals surface area contributed by atoms with Crippen LogP contribution in [-0.4, -0.2) is 55.8 Å². The van der Waals surface area contributed by atoms with E-state index in [4.69, 9.17) is 9.73 Å². The first-order chi connectivity index (χ1) is 14.2. The molecule has 0 bridgehead atoms. The van der Waals surface area contributed by atoms with Gasteiger partial charge in [0.05, 0.1) is 25.9 Å². The fraction of sp³-hybridized carbons (Fsp3) is 0.409. The van der Waals surface area contributed by atoms with Gasteiger partial charge in [-0.25, -0.2) is 9.38 Å². The lowest BCUT2D eigenvalue weighted by atomic mass is 10.1. The van der Waals surface area contributed by atoms with Crippen LogP contribution < -0.4 is 15.0 Å². The van der Waals surface area contributed by atoms with Gasteiger partial charge in [-0.05, 0) is 36.8 Å². The fourth-order valence-electron chi connectivity index (χ4n) is 3.49. The number of piperazine rings is 1. The molecule has 1 aliphatic rings. The van der Waals surface area contributed by atoms with Crippen molar-refractivity contribution in [2.24, 2.45) is 4.99 Å². The van der Waals surface area contributed by atoms with Gasteiger partial charge in [0.15, 0.2) is 5.96 Å². The van der Waals surface area contributed by atoms with Crippen LogP contribution in [0.2, 0.25) is 0 Å². The minimum atomic E-state index is -0.389. The molecule has 2 aromatic carbocycles. The molecule has 3 rings (SSSR count). The van der Waals surface area contributed by atoms with Gasteiger partial charge in [-0.3, -0.25) is 0 Å². The summed E-state index contributed by atoms with van der Waals surface area (Å²) in [6, 6.07) is 12.8. The molecule has 1 saturated heterocycles. The molecule has 0 aliphatic carbocycles. The molecule has 0 unspecified atom stereocenters. The Balaban J connectivity index is 0.00000320. The fourth-order valence-corrected chi connectivity index (χ4v) is 3.49. The van der Waals surface area contributed by atoms with Gasteiger partial charge in [0, 0.05) is 38.3 Å². The lowest BCUT2D eigenvalue weighted by Crippen LogP contribution is -2.52. The molecule has 2 aromatic rings. The van der Waals surface area contributed by atoms with Crippen LogP contribution in [0.1, 0.15) is 18.1 Å². The molecule has 1 aliphatic heterocycles. The zero-order valence-electron chi connectivity index (χ0n) is 17.5. The number of aliphatic hydroxyl groups is 1. The third kappa shape index (κ3) is 5.98. The lowest BCUT2D eigenvalue weighted by Gasteiger charge is -2.38. The van der Waals surface area contributed by atoms with E-state index in [9.17, 15) is 9.50 Å². The summed E-state index contributed by atoms with van der Waals surface area (Å²) >= 11 is 0. The van der Waals surface area contributed by atoms with Gasteiger partial charge in [0.1, 0.15) is 11.6 Å². The van der Waals surface area contributed by atoms with E-state index >= 15 is 0 Å². The van der Waals surface area contributed by atoms with Gasteiger partial charge in [-0.15, -0.1) is 24.0 Å². The molecular weight excluding hydrogens is 498 g/mol. The van der Waals surface area contributed by atoms with Crippen LogP contribution in [0.5, 0.6) is 5.75 Å². The normalized spacial score (nSPS) is 14.3. The van der Waals surface area contributed by atoms with Gasteiger partial charge in [0.25, 0.3) is 0 Å². The van der Waals surface area contributed by atoms with Crippen LogP contribution in [0.3, 0.4) is 0 Å². The molecule has 0 saturated carbocycles. The molecule has 8 heteroatoms. The predicted molar refractivity (Wildman–Crippen MR) is 129 cm³/mol. The summed E-state index contributed by atoms with van der Waals surface area (Å²) in [6.45, 7) is 6.37.